The second-order valence-electron chi connectivity index (χ2n) is 32.0. The van der Waals surface area contributed by atoms with E-state index in [0.717, 1.165) is 12.8 Å². The molecular formula is C96H96Cl8N16O20. The molecule has 4 saturated heterocycles. The Bertz CT molecular complexity index is 6980. The van der Waals surface area contributed by atoms with E-state index in [0.29, 0.717) is 201 Å². The van der Waals surface area contributed by atoms with Crippen molar-refractivity contribution >= 4 is 183 Å². The Kier molecular flexibility index (Phi) is 35.1. The van der Waals surface area contributed by atoms with Crippen LogP contribution in [0.3, 0.4) is 0 Å². The van der Waals surface area contributed by atoms with Gasteiger partial charge in [0.25, 0.3) is 22.2 Å². The van der Waals surface area contributed by atoms with E-state index in [1.54, 1.807) is 93.3 Å². The number of amides is 2. The summed E-state index contributed by atoms with van der Waals surface area (Å²) in [5.74, 6) is 3.80. The summed E-state index contributed by atoms with van der Waals surface area (Å²) in [4.78, 5) is 132. The highest BCUT2D eigenvalue weighted by atomic mass is 35.5. The predicted molar refractivity (Wildman–Crippen MR) is 542 cm³/mol. The molecule has 0 saturated carbocycles. The Morgan fingerprint density at radius 1 is 0.386 bits per heavy atom. The lowest BCUT2D eigenvalue weighted by molar-refractivity contribution is -0.118. The van der Waals surface area contributed by atoms with Crippen LogP contribution in [0.25, 0.3) is 88.4 Å². The number of nitrogens with one attached hydrogen (secondary N) is 8. The smallest absolute Gasteiger partial charge is 0.277 e. The maximum atomic E-state index is 13.4. The van der Waals surface area contributed by atoms with E-state index in [-0.39, 0.29) is 151 Å². The zero-order valence-corrected chi connectivity index (χ0v) is 83.1. The zero-order chi connectivity index (χ0) is 101. The number of aromatic amines is 2. The summed E-state index contributed by atoms with van der Waals surface area (Å²) >= 11 is 52.3. The molecule has 8 aromatic heterocycles. The SMILES string of the molecule is C=CC(=O)C[C@H]1CCOC[C@H]1Nc1ncc2cc(-c3c(Cl)c(OC)cc(OC)c3Cl)[nH]c(=O)c2n1.C=CC(=O)C[C@H]1CCOC[C@H]1Nc1ncc2cc(-c3c(Cl)c(OC)cc(OC)c3Cl)n(C)c(=O)c2n1.C=CC(=O)N[C@H]1COC[C@H]1Nc1cc2c(=O)[nH]c(-c3c(Cl)c(OC)cc(OC)c3Cl)cc2cn1.C=CC(=O)N[C@H]1COC[C@H]1Nc1cc2c(=O)n(C)c(-c3c(Cl)c(OC)cc(OC)c3Cl)cc2cn1. The molecule has 4 aliphatic rings. The molecule has 8 atom stereocenters. The summed E-state index contributed by atoms with van der Waals surface area (Å²) in [7, 11) is 15.1. The molecule has 4 aliphatic heterocycles. The van der Waals surface area contributed by atoms with Crippen LogP contribution >= 0.6 is 92.8 Å². The van der Waals surface area contributed by atoms with Gasteiger partial charge in [0.15, 0.2) is 11.6 Å². The van der Waals surface area contributed by atoms with Gasteiger partial charge >= 0.3 is 0 Å². The number of aromatic nitrogens is 10. The largest absolute Gasteiger partial charge is 0.495 e. The van der Waals surface area contributed by atoms with Gasteiger partial charge in [0, 0.05) is 133 Å². The third-order valence-corrected chi connectivity index (χ3v) is 26.6. The first-order chi connectivity index (χ1) is 67.3. The Hall–Kier alpha value is -12.8. The summed E-state index contributed by atoms with van der Waals surface area (Å²) in [6.45, 7) is 17.5. The van der Waals surface area contributed by atoms with Gasteiger partial charge in [0.2, 0.25) is 23.7 Å². The number of allylic oxidation sites excluding steroid dienone is 2. The van der Waals surface area contributed by atoms with Crippen LogP contribution in [0.5, 0.6) is 46.0 Å². The van der Waals surface area contributed by atoms with Gasteiger partial charge in [0.1, 0.15) is 68.7 Å². The van der Waals surface area contributed by atoms with Crippen molar-refractivity contribution in [1.29, 1.82) is 0 Å². The molecule has 4 fully saturated rings. The number of halogens is 8. The summed E-state index contributed by atoms with van der Waals surface area (Å²) in [6, 6.07) is 15.3. The number of H-pyrrole nitrogens is 2. The van der Waals surface area contributed by atoms with E-state index in [1.807, 2.05) is 0 Å². The van der Waals surface area contributed by atoms with Gasteiger partial charge < -0.3 is 108 Å². The predicted octanol–water partition coefficient (Wildman–Crippen LogP) is 15.4. The highest BCUT2D eigenvalue weighted by molar-refractivity contribution is 6.43. The van der Waals surface area contributed by atoms with Gasteiger partial charge in [-0.05, 0) is 85.4 Å². The topological polar surface area (TPSA) is 438 Å². The van der Waals surface area contributed by atoms with Crippen molar-refractivity contribution in [3.63, 3.8) is 0 Å². The van der Waals surface area contributed by atoms with Gasteiger partial charge in [-0.2, -0.15) is 0 Å². The van der Waals surface area contributed by atoms with Crippen LogP contribution < -0.4 is 92.0 Å². The summed E-state index contributed by atoms with van der Waals surface area (Å²) in [5, 5.41) is 23.5. The number of ether oxygens (including phenoxy) is 12. The van der Waals surface area contributed by atoms with E-state index < -0.39 is 5.56 Å². The van der Waals surface area contributed by atoms with E-state index in [2.05, 4.69) is 98.1 Å². The Morgan fingerprint density at radius 2 is 0.714 bits per heavy atom. The maximum Gasteiger partial charge on any atom is 0.277 e. The number of rotatable bonds is 30. The van der Waals surface area contributed by atoms with Crippen LogP contribution in [0.1, 0.15) is 25.7 Å². The molecule has 16 rings (SSSR count). The molecule has 12 heterocycles. The number of hydrogen-bond acceptors (Lipinski definition) is 30. The fraction of sp³-hybridized carbons (Fsp3) is 0.312. The third kappa shape index (κ3) is 23.1. The first kappa shape index (κ1) is 105. The van der Waals surface area contributed by atoms with Gasteiger partial charge in [-0.3, -0.25) is 38.4 Å². The number of nitrogens with zero attached hydrogens (tertiary/aromatic N) is 8. The second kappa shape index (κ2) is 47.0. The number of methoxy groups -OCH3 is 8. The lowest BCUT2D eigenvalue weighted by Gasteiger charge is -2.31. The summed E-state index contributed by atoms with van der Waals surface area (Å²) < 4.78 is 67.7. The maximum absolute atomic E-state index is 13.4. The van der Waals surface area contributed by atoms with Gasteiger partial charge in [-0.1, -0.05) is 119 Å². The zero-order valence-electron chi connectivity index (χ0n) is 77.1. The molecule has 44 heteroatoms. The lowest BCUT2D eigenvalue weighted by atomic mass is 9.90. The first-order valence-electron chi connectivity index (χ1n) is 43.0. The molecule has 0 unspecified atom stereocenters. The molecule has 36 nitrogen and oxygen atoms in total. The molecule has 0 aliphatic carbocycles. The van der Waals surface area contributed by atoms with E-state index in [4.69, 9.17) is 150 Å². The van der Waals surface area contributed by atoms with Gasteiger partial charge in [-0.15, -0.1) is 0 Å². The quantitative estimate of drug-likeness (QED) is 0.0194. The molecule has 0 bridgehead atoms. The molecule has 12 aromatic rings. The van der Waals surface area contributed by atoms with Crippen molar-refractivity contribution in [3.05, 3.63) is 218 Å². The van der Waals surface area contributed by atoms with E-state index >= 15 is 0 Å². The number of anilines is 4. The van der Waals surface area contributed by atoms with Crippen LogP contribution in [0.15, 0.2) is 155 Å². The summed E-state index contributed by atoms with van der Waals surface area (Å²) in [6.07, 6.45) is 13.5. The number of pyridine rings is 6. The van der Waals surface area contributed by atoms with E-state index in [1.165, 1.54) is 96.5 Å². The fourth-order valence-electron chi connectivity index (χ4n) is 16.1. The van der Waals surface area contributed by atoms with Crippen LogP contribution in [0.2, 0.25) is 40.2 Å². The number of ketones is 2. The molecule has 140 heavy (non-hydrogen) atoms. The molecule has 736 valence electrons. The van der Waals surface area contributed by atoms with Crippen LogP contribution in [-0.4, -0.2) is 218 Å². The first-order valence-corrected chi connectivity index (χ1v) is 46.1. The van der Waals surface area contributed by atoms with Gasteiger partial charge in [0.05, 0.1) is 206 Å². The molecular weight excluding hydrogens is 1980 g/mol. The standard InChI is InChI=1S/C25H26Cl2N4O5.2C24H24Cl2N4O5.C23H22Cl2N4O5/c1-5-15(32)8-13-6-7-36-12-16(13)29-25-28-11-14-9-17(31(2)24(33)23(14)30-25)20-21(26)18(34-3)10-19(35-4)22(20)27;1-5-20(31)29-15-11-35-10-14(15)28-19-7-13-12(9-27-19)6-16(30(2)24(13)32)21-22(25)17(33-3)8-18(34-4)23(21)26;1-4-14(31)7-12-5-6-35-11-16(12)29-24-27-10-13-8-15(28-23(32)22(13)30-24)19-20(25)17(33-2)9-18(34-3)21(19)26;1-4-19(30)28-15-10-34-9-14(15)27-18-6-12-11(8-26-18)5-13(29-23(12)31)20-21(24)16(32-2)7-17(33-3)22(20)25/h5,9-11,13,16H,1,6-8,12H2,2-4H3,(H,28,29,30);5-9,14-15H,1,10-11H2,2-4H3,(H,27,28)(H,29,31);4,8-10,12,16H,1,5-7,11H2,2-3H3,(H,28,32)(H,27,29,30);4-8,14-15H,1,9-10H2,2-3H3,(H,26,27)(H,28,30)(H,29,31)/t13-,16-;14-,15+;12-,16-;14-,15+/m1111/s1. The number of carbonyl (C=O) groups excluding carboxylic acids is 4. The van der Waals surface area contributed by atoms with Crippen molar-refractivity contribution in [2.45, 2.75) is 61.9 Å². The van der Waals surface area contributed by atoms with Crippen molar-refractivity contribution in [2.24, 2.45) is 25.9 Å². The van der Waals surface area contributed by atoms with Crippen molar-refractivity contribution < 1.29 is 76.0 Å². The monoisotopic (exact) mass is 2070 g/mol. The second-order valence-corrected chi connectivity index (χ2v) is 35.0. The molecule has 8 N–H and O–H groups in total. The highest BCUT2D eigenvalue weighted by Gasteiger charge is 2.35. The van der Waals surface area contributed by atoms with Crippen LogP contribution in [0.4, 0.5) is 23.5 Å². The van der Waals surface area contributed by atoms with Crippen LogP contribution in [-0.2, 0) is 52.2 Å². The minimum absolute atomic E-state index is 0.0268. The Balaban J connectivity index is 0.000000157. The number of hydrogen-bond donors (Lipinski definition) is 8. The number of benzene rings is 4. The highest BCUT2D eigenvalue weighted by Crippen LogP contribution is 2.51. The summed E-state index contributed by atoms with van der Waals surface area (Å²) in [5.41, 5.74) is 2.21. The normalized spacial score (nSPS) is 17.5. The molecule has 0 spiro atoms. The third-order valence-electron chi connectivity index (χ3n) is 23.6. The van der Waals surface area contributed by atoms with Crippen molar-refractivity contribution in [3.8, 4) is 91.0 Å². The Labute approximate surface area is 840 Å². The van der Waals surface area contributed by atoms with E-state index in [9.17, 15) is 38.4 Å². The minimum atomic E-state index is -0.449. The average molecular weight is 2080 g/mol. The average Bonchev–Trinajstić information content (AvgIpc) is 0.769. The van der Waals surface area contributed by atoms with Gasteiger partial charge in [-0.25, -0.2) is 29.9 Å². The minimum Gasteiger partial charge on any atom is -0.495 e. The molecule has 0 radical (unpaired) electrons. The number of fused-ring (bicyclic) bond motifs is 4. The van der Waals surface area contributed by atoms with Crippen molar-refractivity contribution in [2.75, 3.05) is 131 Å². The molecule has 2 amide bonds. The Morgan fingerprint density at radius 3 is 1.11 bits per heavy atom. The number of carbonyl (C=O) groups is 4. The van der Waals surface area contributed by atoms with Crippen molar-refractivity contribution in [1.82, 2.24) is 59.6 Å². The fourth-order valence-corrected chi connectivity index (χ4v) is 18.9. The lowest BCUT2D eigenvalue weighted by Crippen LogP contribution is -2.45. The molecule has 4 aromatic carbocycles. The van der Waals surface area contributed by atoms with Crippen LogP contribution in [0, 0.1) is 11.8 Å².